The van der Waals surface area contributed by atoms with Crippen molar-refractivity contribution < 1.29 is 55.8 Å². The Bertz CT molecular complexity index is 429. The van der Waals surface area contributed by atoms with Gasteiger partial charge in [-0.3, -0.25) is 6.08 Å². The van der Waals surface area contributed by atoms with Crippen molar-refractivity contribution in [1.82, 2.24) is 0 Å². The quantitative estimate of drug-likeness (QED) is 0.236. The SMILES string of the molecule is CC1=[C-]C(C)C(C)=C1C.CCCCCCCCCCCC([NH-])=O.C[SiH]C.[Cl-].[Cl-].[Zr+4]. The molecule has 1 radical (unpaired) electrons. The van der Waals surface area contributed by atoms with Gasteiger partial charge in [0.1, 0.15) is 0 Å². The minimum Gasteiger partial charge on any atom is -1.00 e. The first-order valence-corrected chi connectivity index (χ1v) is 12.9. The third-order valence-electron chi connectivity index (χ3n) is 4.74. The summed E-state index contributed by atoms with van der Waals surface area (Å²) in [7, 11) is 0.750. The third kappa shape index (κ3) is 26.6. The van der Waals surface area contributed by atoms with Crippen molar-refractivity contribution in [3.63, 3.8) is 0 Å². The molecule has 1 N–H and O–H groups in total. The molecule has 0 aromatic rings. The molecule has 1 rings (SSSR count). The number of amides is 1. The van der Waals surface area contributed by atoms with Crippen LogP contribution in [-0.2, 0) is 31.0 Å². The third-order valence-corrected chi connectivity index (χ3v) is 4.74. The number of allylic oxidation sites excluding steroid dienone is 4. The second kappa shape index (κ2) is 28.6. The average molecular weight is 541 g/mol. The predicted molar refractivity (Wildman–Crippen MR) is 120 cm³/mol. The Morgan fingerprint density at radius 1 is 0.931 bits per heavy atom. The van der Waals surface area contributed by atoms with Crippen LogP contribution in [0.1, 0.15) is 98.8 Å². The summed E-state index contributed by atoms with van der Waals surface area (Å²) in [6.07, 6.45) is 15.2. The van der Waals surface area contributed by atoms with Crippen molar-refractivity contribution in [3.05, 3.63) is 28.5 Å². The van der Waals surface area contributed by atoms with Gasteiger partial charge >= 0.3 is 26.2 Å². The zero-order valence-electron chi connectivity index (χ0n) is 19.9. The summed E-state index contributed by atoms with van der Waals surface area (Å²) in [5, 5.41) is 0. The van der Waals surface area contributed by atoms with Gasteiger partial charge < -0.3 is 35.3 Å². The van der Waals surface area contributed by atoms with Crippen LogP contribution >= 0.6 is 0 Å². The first kappa shape index (κ1) is 40.0. The minimum absolute atomic E-state index is 0. The van der Waals surface area contributed by atoms with Gasteiger partial charge in [-0.15, -0.1) is 6.92 Å². The van der Waals surface area contributed by atoms with Crippen molar-refractivity contribution in [2.45, 2.75) is 112 Å². The molecule has 0 aromatic heterocycles. The van der Waals surface area contributed by atoms with Crippen LogP contribution in [0.5, 0.6) is 0 Å². The van der Waals surface area contributed by atoms with Gasteiger partial charge in [0.25, 0.3) is 0 Å². The zero-order valence-corrected chi connectivity index (χ0v) is 25.0. The molecule has 169 valence electrons. The van der Waals surface area contributed by atoms with Crippen molar-refractivity contribution in [2.75, 3.05) is 0 Å². The summed E-state index contributed by atoms with van der Waals surface area (Å²) in [5.74, 6) is 0.151. The van der Waals surface area contributed by atoms with Gasteiger partial charge in [0.15, 0.2) is 0 Å². The Morgan fingerprint density at radius 2 is 1.31 bits per heavy atom. The molecule has 2 nitrogen and oxygen atoms in total. The van der Waals surface area contributed by atoms with Crippen molar-refractivity contribution in [2.24, 2.45) is 5.92 Å². The molecular weight excluding hydrogens is 496 g/mol. The molecule has 1 amide bonds. The Hall–Kier alpha value is 0.630. The Morgan fingerprint density at radius 3 is 1.55 bits per heavy atom. The number of carbonyl (C=O) groups is 1. The molecule has 0 aromatic carbocycles. The first-order chi connectivity index (χ1) is 12.3. The molecule has 0 bridgehead atoms. The molecule has 0 fully saturated rings. The number of hydrogen-bond donors (Lipinski definition) is 0. The standard InChI is InChI=1S/C12H25NO.C9H13.C2H7Si.2ClH.Zr/c1-2-3-4-5-6-7-8-9-10-11-12(13)14;1-6-5-7(2)9(4)8(6)3;1-3-2;;;/h2-11H2,1H3,(H2,13,14);6H,1-4H3;3H,1-2H3;2*1H;/q;-1;;;;+4/p-3. The summed E-state index contributed by atoms with van der Waals surface area (Å²) in [6.45, 7) is 15.3. The van der Waals surface area contributed by atoms with Gasteiger partial charge in [0.05, 0.1) is 0 Å². The maximum Gasteiger partial charge on any atom is 4.00 e. The van der Waals surface area contributed by atoms with E-state index in [2.05, 4.69) is 53.8 Å². The fourth-order valence-corrected chi connectivity index (χ4v) is 2.76. The molecule has 0 spiro atoms. The smallest absolute Gasteiger partial charge is 1.00 e. The van der Waals surface area contributed by atoms with E-state index in [1.807, 2.05) is 0 Å². The molecule has 6 heteroatoms. The van der Waals surface area contributed by atoms with E-state index in [1.165, 1.54) is 61.7 Å². The Balaban J connectivity index is -0.000000111. The van der Waals surface area contributed by atoms with Crippen LogP contribution in [0.3, 0.4) is 0 Å². The van der Waals surface area contributed by atoms with Gasteiger partial charge in [-0.25, -0.2) is 5.57 Å². The molecule has 0 saturated carbocycles. The molecule has 1 aliphatic rings. The van der Waals surface area contributed by atoms with Crippen LogP contribution in [0.25, 0.3) is 5.73 Å². The van der Waals surface area contributed by atoms with Crippen LogP contribution < -0.4 is 24.8 Å². The molecule has 29 heavy (non-hydrogen) atoms. The molecule has 0 aliphatic heterocycles. The maximum absolute atomic E-state index is 10.3. The summed E-state index contributed by atoms with van der Waals surface area (Å²) in [4.78, 5) is 10.3. The van der Waals surface area contributed by atoms with E-state index < -0.39 is 5.91 Å². The van der Waals surface area contributed by atoms with E-state index in [-0.39, 0.29) is 51.0 Å². The van der Waals surface area contributed by atoms with E-state index >= 15 is 0 Å². The number of unbranched alkanes of at least 4 members (excludes halogenated alkanes) is 8. The van der Waals surface area contributed by atoms with Crippen LogP contribution in [0.4, 0.5) is 0 Å². The maximum atomic E-state index is 10.3. The second-order valence-electron chi connectivity index (χ2n) is 7.38. The second-order valence-corrected chi connectivity index (χ2v) is 8.53. The van der Waals surface area contributed by atoms with Gasteiger partial charge in [-0.2, -0.15) is 11.1 Å². The first-order valence-electron chi connectivity index (χ1n) is 10.6. The van der Waals surface area contributed by atoms with E-state index in [9.17, 15) is 4.79 Å². The summed E-state index contributed by atoms with van der Waals surface area (Å²) in [5.41, 5.74) is 11.0. The molecule has 1 atom stereocenters. The molecular formula is C23H44Cl2NOSiZr. The van der Waals surface area contributed by atoms with Crippen LogP contribution in [0.15, 0.2) is 16.7 Å². The number of carbonyl (C=O) groups excluding carboxylic acids is 1. The van der Waals surface area contributed by atoms with Gasteiger partial charge in [0, 0.05) is 15.4 Å². The Kier molecular flexibility index (Phi) is 39.5. The van der Waals surface area contributed by atoms with Crippen LogP contribution in [0, 0.1) is 12.0 Å². The number of halogens is 2. The fraction of sp³-hybridized carbons (Fsp3) is 0.783. The van der Waals surface area contributed by atoms with Crippen molar-refractivity contribution in [3.8, 4) is 0 Å². The molecule has 0 saturated heterocycles. The summed E-state index contributed by atoms with van der Waals surface area (Å²) in [6, 6.07) is 0. The molecule has 1 aliphatic carbocycles. The van der Waals surface area contributed by atoms with Crippen LogP contribution in [0.2, 0.25) is 13.1 Å². The van der Waals surface area contributed by atoms with Gasteiger partial charge in [-0.05, 0) is 12.8 Å². The van der Waals surface area contributed by atoms with Crippen molar-refractivity contribution >= 4 is 15.4 Å². The number of hydrogen-bond acceptors (Lipinski definition) is 1. The molecule has 1 unspecified atom stereocenters. The van der Waals surface area contributed by atoms with E-state index in [0.717, 1.165) is 22.4 Å². The monoisotopic (exact) mass is 538 g/mol. The Labute approximate surface area is 216 Å². The topological polar surface area (TPSA) is 40.9 Å². The number of rotatable bonds is 10. The van der Waals surface area contributed by atoms with Crippen molar-refractivity contribution in [1.29, 1.82) is 0 Å². The minimum atomic E-state index is -0.409. The largest absolute Gasteiger partial charge is 4.00 e. The predicted octanol–water partition coefficient (Wildman–Crippen LogP) is 1.73. The average Bonchev–Trinajstić information content (AvgIpc) is 2.80. The van der Waals surface area contributed by atoms with Gasteiger partial charge in [-0.1, -0.05) is 98.1 Å². The van der Waals surface area contributed by atoms with E-state index in [0.29, 0.717) is 12.3 Å². The van der Waals surface area contributed by atoms with E-state index in [4.69, 9.17) is 5.73 Å². The zero-order chi connectivity index (χ0) is 20.4. The number of nitrogens with one attached hydrogen (secondary N) is 1. The summed E-state index contributed by atoms with van der Waals surface area (Å²) >= 11 is 0. The molecule has 0 heterocycles. The summed E-state index contributed by atoms with van der Waals surface area (Å²) < 4.78 is 0. The van der Waals surface area contributed by atoms with E-state index in [1.54, 1.807) is 0 Å². The van der Waals surface area contributed by atoms with Gasteiger partial charge in [0.2, 0.25) is 0 Å². The normalized spacial score (nSPS) is 14.0. The fourth-order valence-electron chi connectivity index (χ4n) is 2.76. The van der Waals surface area contributed by atoms with Crippen LogP contribution in [-0.4, -0.2) is 15.4 Å².